The van der Waals surface area contributed by atoms with Crippen LogP contribution >= 0.6 is 0 Å². The number of carbonyl (C=O) groups excluding carboxylic acids is 1. The molecule has 1 aliphatic heterocycles. The first-order chi connectivity index (χ1) is 12.2. The molecular weight excluding hydrogens is 316 g/mol. The molecular formula is C18H20N6O. The fourth-order valence-corrected chi connectivity index (χ4v) is 3.04. The minimum Gasteiger partial charge on any atom is -0.354 e. The lowest BCUT2D eigenvalue weighted by Crippen LogP contribution is -2.44. The summed E-state index contributed by atoms with van der Waals surface area (Å²) in [5.74, 6) is 0.769. The minimum atomic E-state index is -0.177. The average molecular weight is 336 g/mol. The zero-order valence-corrected chi connectivity index (χ0v) is 14.1. The van der Waals surface area contributed by atoms with Crippen LogP contribution in [0.3, 0.4) is 0 Å². The SMILES string of the molecule is CN1CCN(c2ccc(NC(=O)c3cccc4cn[nH]c34)cn2)CC1. The number of carbonyl (C=O) groups is 1. The summed E-state index contributed by atoms with van der Waals surface area (Å²) in [6.45, 7) is 4.01. The Bertz CT molecular complexity index is 880. The van der Waals surface area contributed by atoms with Crippen LogP contribution in [-0.4, -0.2) is 59.2 Å². The van der Waals surface area contributed by atoms with Gasteiger partial charge in [-0.3, -0.25) is 9.89 Å². The van der Waals surface area contributed by atoms with Crippen molar-refractivity contribution >= 4 is 28.3 Å². The molecule has 1 fully saturated rings. The van der Waals surface area contributed by atoms with Crippen molar-refractivity contribution in [2.75, 3.05) is 43.4 Å². The van der Waals surface area contributed by atoms with E-state index in [1.54, 1.807) is 18.5 Å². The molecule has 3 heterocycles. The summed E-state index contributed by atoms with van der Waals surface area (Å²) in [4.78, 5) is 21.6. The van der Waals surface area contributed by atoms with Crippen molar-refractivity contribution in [1.29, 1.82) is 0 Å². The predicted molar refractivity (Wildman–Crippen MR) is 98.0 cm³/mol. The molecule has 0 unspecified atom stereocenters. The highest BCUT2D eigenvalue weighted by molar-refractivity contribution is 6.11. The number of fused-ring (bicyclic) bond motifs is 1. The third-order valence-electron chi connectivity index (χ3n) is 4.55. The van der Waals surface area contributed by atoms with E-state index in [-0.39, 0.29) is 5.91 Å². The van der Waals surface area contributed by atoms with Crippen LogP contribution in [0.2, 0.25) is 0 Å². The van der Waals surface area contributed by atoms with Crippen molar-refractivity contribution in [2.45, 2.75) is 0 Å². The molecule has 0 bridgehead atoms. The number of nitrogens with one attached hydrogen (secondary N) is 2. The number of para-hydroxylation sites is 1. The molecule has 0 spiro atoms. The second kappa shape index (κ2) is 6.52. The summed E-state index contributed by atoms with van der Waals surface area (Å²) < 4.78 is 0. The van der Waals surface area contributed by atoms with E-state index in [2.05, 4.69) is 37.3 Å². The van der Waals surface area contributed by atoms with Crippen molar-refractivity contribution in [3.8, 4) is 0 Å². The van der Waals surface area contributed by atoms with E-state index >= 15 is 0 Å². The second-order valence-corrected chi connectivity index (χ2v) is 6.29. The quantitative estimate of drug-likeness (QED) is 0.765. The van der Waals surface area contributed by atoms with Gasteiger partial charge < -0.3 is 15.1 Å². The largest absolute Gasteiger partial charge is 0.354 e. The number of hydrogen-bond donors (Lipinski definition) is 2. The van der Waals surface area contributed by atoms with Crippen LogP contribution in [0.5, 0.6) is 0 Å². The Hall–Kier alpha value is -2.93. The number of rotatable bonds is 3. The summed E-state index contributed by atoms with van der Waals surface area (Å²) in [5.41, 5.74) is 1.99. The Labute approximate surface area is 145 Å². The first kappa shape index (κ1) is 15.6. The lowest BCUT2D eigenvalue weighted by atomic mass is 10.1. The van der Waals surface area contributed by atoms with E-state index in [1.807, 2.05) is 24.3 Å². The Morgan fingerprint density at radius 3 is 2.72 bits per heavy atom. The number of benzene rings is 1. The first-order valence-electron chi connectivity index (χ1n) is 8.34. The number of aromatic amines is 1. The van der Waals surface area contributed by atoms with Gasteiger partial charge in [0, 0.05) is 31.6 Å². The first-order valence-corrected chi connectivity index (χ1v) is 8.34. The fourth-order valence-electron chi connectivity index (χ4n) is 3.04. The average Bonchev–Trinajstić information content (AvgIpc) is 3.12. The fraction of sp³-hybridized carbons (Fsp3) is 0.278. The van der Waals surface area contributed by atoms with Crippen LogP contribution in [0, 0.1) is 0 Å². The summed E-state index contributed by atoms with van der Waals surface area (Å²) in [6, 6.07) is 9.40. The molecule has 2 N–H and O–H groups in total. The summed E-state index contributed by atoms with van der Waals surface area (Å²) in [6.07, 6.45) is 3.41. The van der Waals surface area contributed by atoms with Crippen LogP contribution in [0.1, 0.15) is 10.4 Å². The number of nitrogens with zero attached hydrogens (tertiary/aromatic N) is 4. The summed E-state index contributed by atoms with van der Waals surface area (Å²) >= 11 is 0. The van der Waals surface area contributed by atoms with Gasteiger partial charge >= 0.3 is 0 Å². The maximum atomic E-state index is 12.5. The van der Waals surface area contributed by atoms with E-state index < -0.39 is 0 Å². The van der Waals surface area contributed by atoms with Crippen molar-refractivity contribution in [3.63, 3.8) is 0 Å². The van der Waals surface area contributed by atoms with Gasteiger partial charge in [0.25, 0.3) is 5.91 Å². The molecule has 2 aromatic heterocycles. The monoisotopic (exact) mass is 336 g/mol. The Kier molecular flexibility index (Phi) is 4.07. The maximum absolute atomic E-state index is 12.5. The van der Waals surface area contributed by atoms with Crippen molar-refractivity contribution < 1.29 is 4.79 Å². The third kappa shape index (κ3) is 3.18. The number of hydrogen-bond acceptors (Lipinski definition) is 5. The number of pyridine rings is 1. The van der Waals surface area contributed by atoms with Gasteiger partial charge in [-0.15, -0.1) is 0 Å². The molecule has 1 aliphatic rings. The van der Waals surface area contributed by atoms with Crippen molar-refractivity contribution in [3.05, 3.63) is 48.3 Å². The number of H-pyrrole nitrogens is 1. The molecule has 4 rings (SSSR count). The predicted octanol–water partition coefficient (Wildman–Crippen LogP) is 1.96. The molecule has 0 radical (unpaired) electrons. The number of piperazine rings is 1. The Balaban J connectivity index is 1.47. The topological polar surface area (TPSA) is 77.1 Å². The van der Waals surface area contributed by atoms with Gasteiger partial charge in [0.15, 0.2) is 0 Å². The van der Waals surface area contributed by atoms with Crippen LogP contribution in [0.4, 0.5) is 11.5 Å². The standard InChI is InChI=1S/C18H20N6O/c1-23-7-9-24(10-8-23)16-6-5-14(12-19-16)21-18(25)15-4-2-3-13-11-20-22-17(13)15/h2-6,11-12H,7-10H2,1H3,(H,20,22)(H,21,25). The van der Waals surface area contributed by atoms with Gasteiger partial charge in [0.1, 0.15) is 5.82 Å². The zero-order valence-electron chi connectivity index (χ0n) is 14.1. The lowest BCUT2D eigenvalue weighted by molar-refractivity contribution is 0.102. The molecule has 3 aromatic rings. The van der Waals surface area contributed by atoms with Crippen LogP contribution in [-0.2, 0) is 0 Å². The Morgan fingerprint density at radius 1 is 1.12 bits per heavy atom. The lowest BCUT2D eigenvalue weighted by Gasteiger charge is -2.33. The van der Waals surface area contributed by atoms with Crippen molar-refractivity contribution in [1.82, 2.24) is 20.1 Å². The van der Waals surface area contributed by atoms with Gasteiger partial charge in [-0.2, -0.15) is 5.10 Å². The molecule has 1 amide bonds. The van der Waals surface area contributed by atoms with Gasteiger partial charge in [0.2, 0.25) is 0 Å². The number of likely N-dealkylation sites (N-methyl/N-ethyl adjacent to an activating group) is 1. The van der Waals surface area contributed by atoms with E-state index in [0.29, 0.717) is 11.3 Å². The highest BCUT2D eigenvalue weighted by Gasteiger charge is 2.16. The normalized spacial score (nSPS) is 15.5. The van der Waals surface area contributed by atoms with Gasteiger partial charge in [0.05, 0.1) is 29.2 Å². The molecule has 0 aliphatic carbocycles. The van der Waals surface area contributed by atoms with Crippen LogP contribution in [0.25, 0.3) is 10.9 Å². The molecule has 1 saturated heterocycles. The van der Waals surface area contributed by atoms with E-state index in [1.165, 1.54) is 0 Å². The van der Waals surface area contributed by atoms with Gasteiger partial charge in [-0.1, -0.05) is 12.1 Å². The van der Waals surface area contributed by atoms with E-state index in [0.717, 1.165) is 42.9 Å². The number of aromatic nitrogens is 3. The van der Waals surface area contributed by atoms with E-state index in [9.17, 15) is 4.79 Å². The van der Waals surface area contributed by atoms with Crippen molar-refractivity contribution in [2.24, 2.45) is 0 Å². The maximum Gasteiger partial charge on any atom is 0.257 e. The van der Waals surface area contributed by atoms with Crippen LogP contribution in [0.15, 0.2) is 42.7 Å². The molecule has 7 nitrogen and oxygen atoms in total. The Morgan fingerprint density at radius 2 is 1.96 bits per heavy atom. The summed E-state index contributed by atoms with van der Waals surface area (Å²) in [7, 11) is 2.13. The zero-order chi connectivity index (χ0) is 17.2. The molecule has 1 aromatic carbocycles. The van der Waals surface area contributed by atoms with Gasteiger partial charge in [-0.25, -0.2) is 4.98 Å². The number of anilines is 2. The summed E-state index contributed by atoms with van der Waals surface area (Å²) in [5, 5.41) is 10.7. The number of amides is 1. The third-order valence-corrected chi connectivity index (χ3v) is 4.55. The molecule has 0 saturated carbocycles. The molecule has 7 heteroatoms. The molecule has 0 atom stereocenters. The molecule has 128 valence electrons. The molecule has 25 heavy (non-hydrogen) atoms. The second-order valence-electron chi connectivity index (χ2n) is 6.29. The highest BCUT2D eigenvalue weighted by Crippen LogP contribution is 2.19. The van der Waals surface area contributed by atoms with E-state index in [4.69, 9.17) is 0 Å². The highest BCUT2D eigenvalue weighted by atomic mass is 16.1. The minimum absolute atomic E-state index is 0.177. The smallest absolute Gasteiger partial charge is 0.257 e. The van der Waals surface area contributed by atoms with Crippen LogP contribution < -0.4 is 10.2 Å². The van der Waals surface area contributed by atoms with Gasteiger partial charge in [-0.05, 0) is 25.2 Å².